The van der Waals surface area contributed by atoms with Gasteiger partial charge in [0.15, 0.2) is 0 Å². The molecule has 5 nitrogen and oxygen atoms in total. The molecular formula is C2H6N2O3S2. The van der Waals surface area contributed by atoms with Crippen LogP contribution in [-0.4, -0.2) is 10.1 Å². The van der Waals surface area contributed by atoms with Crippen molar-refractivity contribution >= 4 is 26.1 Å². The molecule has 0 rings (SSSR count). The van der Waals surface area contributed by atoms with Crippen molar-refractivity contribution in [3.05, 3.63) is 0 Å². The molecule has 0 fully saturated rings. The number of amides is 1. The summed E-state index contributed by atoms with van der Waals surface area (Å²) >= 11 is 4.07. The molecule has 54 valence electrons. The van der Waals surface area contributed by atoms with E-state index in [1.54, 1.807) is 5.48 Å². The van der Waals surface area contributed by atoms with Gasteiger partial charge in [-0.15, -0.1) is 0 Å². The molecule has 0 radical (unpaired) electrons. The molecule has 0 saturated carbocycles. The van der Waals surface area contributed by atoms with Gasteiger partial charge in [-0.3, -0.25) is 4.79 Å². The van der Waals surface area contributed by atoms with Gasteiger partial charge in [0, 0.05) is 18.1 Å². The van der Waals surface area contributed by atoms with E-state index < -0.39 is 14.9 Å². The van der Waals surface area contributed by atoms with E-state index in [1.165, 1.54) is 6.92 Å². The lowest BCUT2D eigenvalue weighted by Crippen LogP contribution is -2.28. The predicted octanol–water partition coefficient (Wildman–Crippen LogP) is -1.41. The molecule has 0 aromatic heterocycles. The van der Waals surface area contributed by atoms with Gasteiger partial charge >= 0.3 is 0 Å². The molecule has 3 N–H and O–H groups in total. The first kappa shape index (κ1) is 8.76. The van der Waals surface area contributed by atoms with Crippen LogP contribution in [0.2, 0.25) is 0 Å². The lowest BCUT2D eigenvalue weighted by atomic mass is 10.8. The van der Waals surface area contributed by atoms with Crippen LogP contribution >= 0.6 is 0 Å². The lowest BCUT2D eigenvalue weighted by Gasteiger charge is -1.99. The van der Waals surface area contributed by atoms with Crippen molar-refractivity contribution in [2.24, 2.45) is 5.14 Å². The number of hydrogen-bond donors (Lipinski definition) is 2. The van der Waals surface area contributed by atoms with Crippen molar-refractivity contribution in [1.29, 1.82) is 0 Å². The van der Waals surface area contributed by atoms with Crippen molar-refractivity contribution in [3.63, 3.8) is 0 Å². The molecule has 0 aliphatic rings. The third-order valence-electron chi connectivity index (χ3n) is 0.302. The fourth-order valence-electron chi connectivity index (χ4n) is 0.117. The highest BCUT2D eigenvalue weighted by atomic mass is 32.8. The molecule has 1 atom stereocenters. The zero-order valence-corrected chi connectivity index (χ0v) is 6.25. The van der Waals surface area contributed by atoms with E-state index in [2.05, 4.69) is 20.6 Å². The van der Waals surface area contributed by atoms with Crippen molar-refractivity contribution in [1.82, 2.24) is 5.48 Å². The average Bonchev–Trinajstić information content (AvgIpc) is 1.59. The molecule has 0 aromatic rings. The number of nitrogens with one attached hydrogen (secondary N) is 1. The number of rotatable bonds is 2. The number of carbonyl (C=O) groups excluding carboxylic acids is 1. The van der Waals surface area contributed by atoms with E-state index in [4.69, 9.17) is 0 Å². The number of carbonyl (C=O) groups is 1. The largest absolute Gasteiger partial charge is 0.273 e. The normalized spacial score (nSPS) is 16.2. The zero-order chi connectivity index (χ0) is 7.49. The summed E-state index contributed by atoms with van der Waals surface area (Å²) in [6.07, 6.45) is 0. The van der Waals surface area contributed by atoms with E-state index in [9.17, 15) is 9.00 Å². The molecular weight excluding hydrogens is 164 g/mol. The van der Waals surface area contributed by atoms with Crippen LogP contribution in [-0.2, 0) is 29.2 Å². The highest BCUT2D eigenvalue weighted by molar-refractivity contribution is 8.28. The Bertz CT molecular complexity index is 196. The molecule has 9 heavy (non-hydrogen) atoms. The minimum absolute atomic E-state index is 0.502. The highest BCUT2D eigenvalue weighted by Crippen LogP contribution is 1.75. The Kier molecular flexibility index (Phi) is 2.98. The standard InChI is InChI=1S/C2H6N2O3S2/c1-2(5)4-7-9(3,6)8/h1H3,(H,4,5)(H2,3,6,8). The molecule has 0 aliphatic carbocycles. The van der Waals surface area contributed by atoms with Gasteiger partial charge in [0.1, 0.15) is 0 Å². The van der Waals surface area contributed by atoms with Crippen molar-refractivity contribution < 1.29 is 13.3 Å². The molecule has 0 saturated heterocycles. The zero-order valence-electron chi connectivity index (χ0n) is 4.62. The van der Waals surface area contributed by atoms with Crippen LogP contribution < -0.4 is 10.6 Å². The van der Waals surface area contributed by atoms with Crippen LogP contribution in [0.25, 0.3) is 0 Å². The van der Waals surface area contributed by atoms with Gasteiger partial charge in [-0.05, 0) is 0 Å². The Morgan fingerprint density at radius 1 is 1.89 bits per heavy atom. The minimum Gasteiger partial charge on any atom is -0.273 e. The SMILES string of the molecule is CC(=O)NOS(N)(=O)=S. The molecule has 7 heteroatoms. The number of hydrogen-bond acceptors (Lipinski definition) is 4. The van der Waals surface area contributed by atoms with Crippen molar-refractivity contribution in [3.8, 4) is 0 Å². The third-order valence-corrected chi connectivity index (χ3v) is 0.821. The number of nitrogens with two attached hydrogens (primary N) is 1. The predicted molar refractivity (Wildman–Crippen MR) is 34.6 cm³/mol. The van der Waals surface area contributed by atoms with Crippen LogP contribution in [0, 0.1) is 0 Å². The van der Waals surface area contributed by atoms with Gasteiger partial charge in [0.25, 0.3) is 0 Å². The van der Waals surface area contributed by atoms with Gasteiger partial charge in [0.05, 0.1) is 0 Å². The van der Waals surface area contributed by atoms with E-state index in [0.717, 1.165) is 0 Å². The van der Waals surface area contributed by atoms with Crippen LogP contribution in [0.5, 0.6) is 0 Å². The summed E-state index contributed by atoms with van der Waals surface area (Å²) in [7, 11) is -3.22. The summed E-state index contributed by atoms with van der Waals surface area (Å²) in [6.45, 7) is 1.18. The summed E-state index contributed by atoms with van der Waals surface area (Å²) in [6, 6.07) is 0. The second kappa shape index (κ2) is 3.06. The molecule has 0 bridgehead atoms. The minimum atomic E-state index is -3.22. The highest BCUT2D eigenvalue weighted by Gasteiger charge is 1.97. The molecule has 0 aliphatic heterocycles. The van der Waals surface area contributed by atoms with Crippen LogP contribution in [0.4, 0.5) is 0 Å². The Hall–Kier alpha value is -0.240. The number of hydroxylamine groups is 1. The van der Waals surface area contributed by atoms with Gasteiger partial charge < -0.3 is 0 Å². The topological polar surface area (TPSA) is 81.4 Å². The summed E-state index contributed by atoms with van der Waals surface area (Å²) in [5.74, 6) is -0.502. The fraction of sp³-hybridized carbons (Fsp3) is 0.500. The lowest BCUT2D eigenvalue weighted by molar-refractivity contribution is -0.125. The second-order valence-corrected chi connectivity index (χ2v) is 3.78. The molecule has 0 spiro atoms. The van der Waals surface area contributed by atoms with Crippen molar-refractivity contribution in [2.75, 3.05) is 0 Å². The molecule has 0 heterocycles. The smallest absolute Gasteiger partial charge is 0.241 e. The van der Waals surface area contributed by atoms with Crippen LogP contribution in [0.3, 0.4) is 0 Å². The maximum absolute atomic E-state index is 10.2. The summed E-state index contributed by atoms with van der Waals surface area (Å²) < 4.78 is 14.3. The van der Waals surface area contributed by atoms with Crippen LogP contribution in [0.1, 0.15) is 6.92 Å². The summed E-state index contributed by atoms with van der Waals surface area (Å²) in [5, 5.41) is 4.69. The first-order valence-electron chi connectivity index (χ1n) is 1.89. The Balaban J connectivity index is 3.67. The Labute approximate surface area is 57.5 Å². The fourth-order valence-corrected chi connectivity index (χ4v) is 0.452. The van der Waals surface area contributed by atoms with Crippen LogP contribution in [0.15, 0.2) is 0 Å². The first-order chi connectivity index (χ1) is 3.92. The Morgan fingerprint density at radius 2 is 2.33 bits per heavy atom. The molecule has 1 amide bonds. The van der Waals surface area contributed by atoms with Gasteiger partial charge in [0.2, 0.25) is 14.9 Å². The summed E-state index contributed by atoms with van der Waals surface area (Å²) in [5.41, 5.74) is 1.74. The van der Waals surface area contributed by atoms with Gasteiger partial charge in [-0.2, -0.15) is 4.28 Å². The van der Waals surface area contributed by atoms with Gasteiger partial charge in [-0.25, -0.2) is 14.8 Å². The maximum Gasteiger partial charge on any atom is 0.241 e. The first-order valence-corrected chi connectivity index (χ1v) is 4.37. The van der Waals surface area contributed by atoms with E-state index in [-0.39, 0.29) is 0 Å². The third kappa shape index (κ3) is 7.76. The maximum atomic E-state index is 10.2. The average molecular weight is 170 g/mol. The summed E-state index contributed by atoms with van der Waals surface area (Å²) in [4.78, 5) is 10.0. The van der Waals surface area contributed by atoms with E-state index in [0.29, 0.717) is 0 Å². The van der Waals surface area contributed by atoms with Crippen molar-refractivity contribution in [2.45, 2.75) is 6.92 Å². The Morgan fingerprint density at radius 3 is 2.44 bits per heavy atom. The molecule has 1 unspecified atom stereocenters. The second-order valence-electron chi connectivity index (χ2n) is 1.23. The van der Waals surface area contributed by atoms with E-state index >= 15 is 0 Å². The van der Waals surface area contributed by atoms with E-state index in [1.807, 2.05) is 0 Å². The molecule has 0 aromatic carbocycles. The quantitative estimate of drug-likeness (QED) is 0.499. The monoisotopic (exact) mass is 170 g/mol. The van der Waals surface area contributed by atoms with Gasteiger partial charge in [-0.1, -0.05) is 0 Å².